The molecule has 20 heavy (non-hydrogen) atoms. The van der Waals surface area contributed by atoms with Crippen LogP contribution < -0.4 is 5.32 Å². The van der Waals surface area contributed by atoms with Gasteiger partial charge in [-0.05, 0) is 18.1 Å². The van der Waals surface area contributed by atoms with Gasteiger partial charge in [-0.25, -0.2) is 0 Å². The Balaban J connectivity index is 1.93. The van der Waals surface area contributed by atoms with Crippen molar-refractivity contribution in [3.8, 4) is 6.07 Å². The molecular weight excluding hydrogens is 256 g/mol. The van der Waals surface area contributed by atoms with Crippen LogP contribution in [0.25, 0.3) is 0 Å². The highest BCUT2D eigenvalue weighted by molar-refractivity contribution is 5.55. The van der Waals surface area contributed by atoms with Crippen LogP contribution in [0, 0.1) is 21.4 Å². The predicted molar refractivity (Wildman–Crippen MR) is 74.2 cm³/mol. The summed E-state index contributed by atoms with van der Waals surface area (Å²) in [6.07, 6.45) is 3.88. The van der Waals surface area contributed by atoms with Crippen molar-refractivity contribution in [2.24, 2.45) is 0 Å². The Hall–Kier alpha value is -2.94. The third-order valence-electron chi connectivity index (χ3n) is 2.82. The summed E-state index contributed by atoms with van der Waals surface area (Å²) < 4.78 is 0. The number of hydrogen-bond donors (Lipinski definition) is 1. The van der Waals surface area contributed by atoms with E-state index in [2.05, 4.69) is 16.4 Å². The van der Waals surface area contributed by atoms with E-state index < -0.39 is 4.92 Å². The lowest BCUT2D eigenvalue weighted by Gasteiger charge is -2.07. The van der Waals surface area contributed by atoms with E-state index in [1.54, 1.807) is 30.6 Å². The van der Waals surface area contributed by atoms with Crippen LogP contribution in [0.1, 0.15) is 11.1 Å². The van der Waals surface area contributed by atoms with Gasteiger partial charge in [-0.2, -0.15) is 5.26 Å². The first-order valence-electron chi connectivity index (χ1n) is 6.02. The minimum atomic E-state index is -0.420. The number of non-ortho nitro benzene ring substituents is 1. The smallest absolute Gasteiger partial charge is 0.269 e. The molecule has 1 aromatic heterocycles. The van der Waals surface area contributed by atoms with E-state index in [1.165, 1.54) is 12.1 Å². The Morgan fingerprint density at radius 1 is 1.30 bits per heavy atom. The van der Waals surface area contributed by atoms with Crippen LogP contribution in [0.4, 0.5) is 11.4 Å². The molecule has 2 rings (SSSR count). The lowest BCUT2D eigenvalue weighted by molar-refractivity contribution is -0.384. The first kappa shape index (κ1) is 13.5. The van der Waals surface area contributed by atoms with Gasteiger partial charge in [0.05, 0.1) is 22.4 Å². The minimum absolute atomic E-state index is 0.0840. The molecule has 0 unspecified atom stereocenters. The molecule has 0 saturated carbocycles. The van der Waals surface area contributed by atoms with E-state index in [4.69, 9.17) is 5.26 Å². The first-order chi connectivity index (χ1) is 9.70. The summed E-state index contributed by atoms with van der Waals surface area (Å²) in [5, 5.41) is 22.6. The van der Waals surface area contributed by atoms with Crippen LogP contribution in [0.5, 0.6) is 0 Å². The summed E-state index contributed by atoms with van der Waals surface area (Å²) in [7, 11) is 0. The summed E-state index contributed by atoms with van der Waals surface area (Å²) in [6, 6.07) is 10.2. The second-order valence-electron chi connectivity index (χ2n) is 4.13. The molecule has 1 N–H and O–H groups in total. The number of aromatic nitrogens is 1. The Bertz CT molecular complexity index is 647. The molecule has 1 aromatic carbocycles. The number of nitro benzene ring substituents is 1. The summed E-state index contributed by atoms with van der Waals surface area (Å²) in [5.74, 6) is 0. The monoisotopic (exact) mass is 268 g/mol. The van der Waals surface area contributed by atoms with E-state index in [-0.39, 0.29) is 5.69 Å². The van der Waals surface area contributed by atoms with E-state index in [9.17, 15) is 10.1 Å². The van der Waals surface area contributed by atoms with Crippen molar-refractivity contribution in [1.82, 2.24) is 4.98 Å². The lowest BCUT2D eigenvalue weighted by atomic mass is 10.1. The summed E-state index contributed by atoms with van der Waals surface area (Å²) in [6.45, 7) is 0.623. The van der Waals surface area contributed by atoms with Crippen molar-refractivity contribution in [2.45, 2.75) is 6.42 Å². The van der Waals surface area contributed by atoms with E-state index in [0.717, 1.165) is 5.56 Å². The van der Waals surface area contributed by atoms with E-state index >= 15 is 0 Å². The molecule has 2 aromatic rings. The predicted octanol–water partition coefficient (Wildman–Crippen LogP) is 2.52. The number of anilines is 1. The second kappa shape index (κ2) is 6.29. The SMILES string of the molecule is N#Cc1ccncc1NCCc1ccc([N+](=O)[O-])cc1. The molecule has 0 aliphatic carbocycles. The zero-order valence-electron chi connectivity index (χ0n) is 10.6. The van der Waals surface area contributed by atoms with Crippen molar-refractivity contribution in [1.29, 1.82) is 5.26 Å². The van der Waals surface area contributed by atoms with Gasteiger partial charge in [-0.3, -0.25) is 15.1 Å². The molecule has 6 heteroatoms. The van der Waals surface area contributed by atoms with Crippen molar-refractivity contribution >= 4 is 11.4 Å². The highest BCUT2D eigenvalue weighted by atomic mass is 16.6. The van der Waals surface area contributed by atoms with Crippen LogP contribution in [0.15, 0.2) is 42.7 Å². The fourth-order valence-electron chi connectivity index (χ4n) is 1.76. The molecule has 1 heterocycles. The standard InChI is InChI=1S/C14H12N4O2/c15-9-12-6-7-16-10-14(12)17-8-5-11-1-3-13(4-2-11)18(19)20/h1-4,6-7,10,17H,5,8H2. The molecule has 0 aliphatic heterocycles. The molecular formula is C14H12N4O2. The Kier molecular flexibility index (Phi) is 4.24. The molecule has 0 amide bonds. The van der Waals surface area contributed by atoms with E-state index in [1.807, 2.05) is 0 Å². The number of benzene rings is 1. The zero-order chi connectivity index (χ0) is 14.4. The number of nitrogens with one attached hydrogen (secondary N) is 1. The maximum Gasteiger partial charge on any atom is 0.269 e. The summed E-state index contributed by atoms with van der Waals surface area (Å²) in [5.41, 5.74) is 2.31. The Morgan fingerprint density at radius 3 is 2.70 bits per heavy atom. The minimum Gasteiger partial charge on any atom is -0.382 e. The van der Waals surface area contributed by atoms with Gasteiger partial charge in [0.25, 0.3) is 5.69 Å². The van der Waals surface area contributed by atoms with Gasteiger partial charge < -0.3 is 5.32 Å². The Morgan fingerprint density at radius 2 is 2.05 bits per heavy atom. The number of rotatable bonds is 5. The lowest BCUT2D eigenvalue weighted by Crippen LogP contribution is -2.06. The highest BCUT2D eigenvalue weighted by Crippen LogP contribution is 2.14. The van der Waals surface area contributed by atoms with Gasteiger partial charge in [0.15, 0.2) is 0 Å². The fraction of sp³-hybridized carbons (Fsp3) is 0.143. The number of pyridine rings is 1. The molecule has 0 atom stereocenters. The van der Waals surface area contributed by atoms with Crippen LogP contribution in [0.3, 0.4) is 0 Å². The van der Waals surface area contributed by atoms with Gasteiger partial charge in [0.2, 0.25) is 0 Å². The van der Waals surface area contributed by atoms with Crippen molar-refractivity contribution in [3.63, 3.8) is 0 Å². The fourth-order valence-corrected chi connectivity index (χ4v) is 1.76. The maximum atomic E-state index is 10.5. The quantitative estimate of drug-likeness (QED) is 0.664. The maximum absolute atomic E-state index is 10.5. The Labute approximate surface area is 115 Å². The van der Waals surface area contributed by atoms with Crippen molar-refractivity contribution in [3.05, 3.63) is 64.0 Å². The average molecular weight is 268 g/mol. The zero-order valence-corrected chi connectivity index (χ0v) is 10.6. The van der Waals surface area contributed by atoms with Crippen molar-refractivity contribution in [2.75, 3.05) is 11.9 Å². The largest absolute Gasteiger partial charge is 0.382 e. The molecule has 0 bridgehead atoms. The van der Waals surface area contributed by atoms with Gasteiger partial charge >= 0.3 is 0 Å². The van der Waals surface area contributed by atoms with Crippen LogP contribution in [-0.2, 0) is 6.42 Å². The molecule has 0 spiro atoms. The number of nitro groups is 1. The number of nitriles is 1. The van der Waals surface area contributed by atoms with Crippen LogP contribution in [0.2, 0.25) is 0 Å². The molecule has 0 saturated heterocycles. The van der Waals surface area contributed by atoms with Crippen LogP contribution in [-0.4, -0.2) is 16.5 Å². The van der Waals surface area contributed by atoms with Crippen molar-refractivity contribution < 1.29 is 4.92 Å². The third-order valence-corrected chi connectivity index (χ3v) is 2.82. The number of nitrogens with zero attached hydrogens (tertiary/aromatic N) is 3. The van der Waals surface area contributed by atoms with Gasteiger partial charge in [0.1, 0.15) is 6.07 Å². The van der Waals surface area contributed by atoms with Crippen LogP contribution >= 0.6 is 0 Å². The normalized spacial score (nSPS) is 9.75. The number of hydrogen-bond acceptors (Lipinski definition) is 5. The topological polar surface area (TPSA) is 91.8 Å². The molecule has 0 aliphatic rings. The molecule has 6 nitrogen and oxygen atoms in total. The molecule has 0 radical (unpaired) electrons. The first-order valence-corrected chi connectivity index (χ1v) is 6.02. The molecule has 100 valence electrons. The summed E-state index contributed by atoms with van der Waals surface area (Å²) in [4.78, 5) is 14.1. The van der Waals surface area contributed by atoms with E-state index in [0.29, 0.717) is 24.2 Å². The highest BCUT2D eigenvalue weighted by Gasteiger charge is 2.04. The average Bonchev–Trinajstić information content (AvgIpc) is 2.48. The van der Waals surface area contributed by atoms with Gasteiger partial charge in [-0.15, -0.1) is 0 Å². The third kappa shape index (κ3) is 3.29. The van der Waals surface area contributed by atoms with Gasteiger partial charge in [0, 0.05) is 24.9 Å². The summed E-state index contributed by atoms with van der Waals surface area (Å²) >= 11 is 0. The molecule has 0 fully saturated rings. The van der Waals surface area contributed by atoms with Gasteiger partial charge in [-0.1, -0.05) is 12.1 Å². The second-order valence-corrected chi connectivity index (χ2v) is 4.13.